The highest BCUT2D eigenvalue weighted by atomic mass is 35.5. The maximum Gasteiger partial charge on any atom is 0.260 e. The maximum absolute atomic E-state index is 12.6. The van der Waals surface area contributed by atoms with Crippen molar-refractivity contribution in [3.8, 4) is 17.0 Å². The summed E-state index contributed by atoms with van der Waals surface area (Å²) in [4.78, 5) is 16.6. The number of hydrogen-bond acceptors (Lipinski definition) is 5. The van der Waals surface area contributed by atoms with Gasteiger partial charge in [-0.05, 0) is 43.2 Å². The zero-order valence-electron chi connectivity index (χ0n) is 17.7. The molecule has 0 N–H and O–H groups in total. The minimum absolute atomic E-state index is 0.00227. The van der Waals surface area contributed by atoms with E-state index in [-0.39, 0.29) is 12.5 Å². The molecule has 1 aliphatic rings. The van der Waals surface area contributed by atoms with E-state index in [4.69, 9.17) is 16.3 Å². The number of anilines is 1. The van der Waals surface area contributed by atoms with E-state index in [1.807, 2.05) is 73.3 Å². The van der Waals surface area contributed by atoms with E-state index in [9.17, 15) is 4.79 Å². The van der Waals surface area contributed by atoms with Gasteiger partial charge in [-0.3, -0.25) is 4.79 Å². The summed E-state index contributed by atoms with van der Waals surface area (Å²) >= 11 is 6.25. The molecule has 1 fully saturated rings. The molecule has 1 amide bonds. The average molecular weight is 437 g/mol. The molecule has 1 aromatic heterocycles. The van der Waals surface area contributed by atoms with Crippen LogP contribution in [0.5, 0.6) is 5.75 Å². The lowest BCUT2D eigenvalue weighted by atomic mass is 10.1. The van der Waals surface area contributed by atoms with Gasteiger partial charge in [0.2, 0.25) is 0 Å². The van der Waals surface area contributed by atoms with Crippen LogP contribution in [0.15, 0.2) is 54.6 Å². The van der Waals surface area contributed by atoms with E-state index in [2.05, 4.69) is 15.1 Å². The van der Waals surface area contributed by atoms with Crippen molar-refractivity contribution in [3.05, 3.63) is 70.7 Å². The molecule has 1 saturated heterocycles. The third kappa shape index (κ3) is 4.80. The van der Waals surface area contributed by atoms with E-state index in [1.165, 1.54) is 0 Å². The highest BCUT2D eigenvalue weighted by molar-refractivity contribution is 6.33. The van der Waals surface area contributed by atoms with E-state index >= 15 is 0 Å². The molecule has 6 nitrogen and oxygen atoms in total. The number of halogens is 1. The Morgan fingerprint density at radius 3 is 2.29 bits per heavy atom. The van der Waals surface area contributed by atoms with Gasteiger partial charge in [0.15, 0.2) is 12.4 Å². The molecular formula is C24H25ClN4O2. The lowest BCUT2D eigenvalue weighted by molar-refractivity contribution is -0.133. The molecule has 0 bridgehead atoms. The molecule has 3 aromatic rings. The smallest absolute Gasteiger partial charge is 0.260 e. The summed E-state index contributed by atoms with van der Waals surface area (Å²) in [5, 5.41) is 9.37. The van der Waals surface area contributed by atoms with Crippen molar-refractivity contribution < 1.29 is 9.53 Å². The van der Waals surface area contributed by atoms with E-state index < -0.39 is 0 Å². The maximum atomic E-state index is 12.6. The number of aryl methyl sites for hydroxylation is 2. The lowest BCUT2D eigenvalue weighted by Gasteiger charge is -2.35. The van der Waals surface area contributed by atoms with Crippen molar-refractivity contribution in [2.75, 3.05) is 37.7 Å². The van der Waals surface area contributed by atoms with Crippen molar-refractivity contribution in [1.29, 1.82) is 0 Å². The predicted molar refractivity (Wildman–Crippen MR) is 123 cm³/mol. The van der Waals surface area contributed by atoms with E-state index in [0.717, 1.165) is 34.0 Å². The molecular weight excluding hydrogens is 412 g/mol. The summed E-state index contributed by atoms with van der Waals surface area (Å²) in [7, 11) is 0. The first-order chi connectivity index (χ1) is 15.0. The quantitative estimate of drug-likeness (QED) is 0.601. The summed E-state index contributed by atoms with van der Waals surface area (Å²) < 4.78 is 5.82. The van der Waals surface area contributed by atoms with Gasteiger partial charge in [0.1, 0.15) is 5.75 Å². The largest absolute Gasteiger partial charge is 0.483 e. The summed E-state index contributed by atoms with van der Waals surface area (Å²) in [5.41, 5.74) is 3.68. The van der Waals surface area contributed by atoms with Gasteiger partial charge in [0.25, 0.3) is 5.91 Å². The Kier molecular flexibility index (Phi) is 6.37. The summed E-state index contributed by atoms with van der Waals surface area (Å²) in [5.74, 6) is 1.60. The van der Waals surface area contributed by atoms with Crippen molar-refractivity contribution >= 4 is 23.3 Å². The van der Waals surface area contributed by atoms with Gasteiger partial charge in [0, 0.05) is 31.7 Å². The van der Waals surface area contributed by atoms with Crippen LogP contribution in [-0.4, -0.2) is 53.8 Å². The lowest BCUT2D eigenvalue weighted by Crippen LogP contribution is -2.50. The van der Waals surface area contributed by atoms with Crippen LogP contribution in [0.1, 0.15) is 11.1 Å². The van der Waals surface area contributed by atoms with Crippen LogP contribution in [-0.2, 0) is 4.79 Å². The first-order valence-corrected chi connectivity index (χ1v) is 10.7. The Morgan fingerprint density at radius 2 is 1.65 bits per heavy atom. The monoisotopic (exact) mass is 436 g/mol. The molecule has 2 aromatic carbocycles. The Labute approximate surface area is 187 Å². The first-order valence-electron chi connectivity index (χ1n) is 10.3. The fourth-order valence-electron chi connectivity index (χ4n) is 3.74. The third-order valence-corrected chi connectivity index (χ3v) is 5.83. The molecule has 4 rings (SSSR count). The van der Waals surface area contributed by atoms with E-state index in [1.54, 1.807) is 0 Å². The van der Waals surface area contributed by atoms with E-state index in [0.29, 0.717) is 31.2 Å². The highest BCUT2D eigenvalue weighted by Gasteiger charge is 2.23. The molecule has 160 valence electrons. The summed E-state index contributed by atoms with van der Waals surface area (Å²) in [6.07, 6.45) is 0. The van der Waals surface area contributed by atoms with Crippen LogP contribution in [0.25, 0.3) is 11.3 Å². The molecule has 0 saturated carbocycles. The molecule has 0 unspecified atom stereocenters. The number of amides is 1. The second-order valence-electron chi connectivity index (χ2n) is 7.63. The number of benzene rings is 2. The average Bonchev–Trinajstić information content (AvgIpc) is 2.79. The van der Waals surface area contributed by atoms with Gasteiger partial charge in [0.05, 0.1) is 10.7 Å². The van der Waals surface area contributed by atoms with Crippen LogP contribution in [0, 0.1) is 13.8 Å². The Bertz CT molecular complexity index is 1040. The number of hydrogen-bond donors (Lipinski definition) is 0. The fourth-order valence-corrected chi connectivity index (χ4v) is 3.98. The van der Waals surface area contributed by atoms with Gasteiger partial charge >= 0.3 is 0 Å². The molecule has 0 aliphatic carbocycles. The Balaban J connectivity index is 1.32. The Morgan fingerprint density at radius 1 is 0.935 bits per heavy atom. The van der Waals surface area contributed by atoms with Crippen molar-refractivity contribution in [1.82, 2.24) is 15.1 Å². The van der Waals surface area contributed by atoms with Crippen molar-refractivity contribution in [2.24, 2.45) is 0 Å². The zero-order chi connectivity index (χ0) is 21.8. The minimum Gasteiger partial charge on any atom is -0.483 e. The number of rotatable bonds is 5. The molecule has 0 spiro atoms. The van der Waals surface area contributed by atoms with Gasteiger partial charge in [-0.15, -0.1) is 10.2 Å². The summed E-state index contributed by atoms with van der Waals surface area (Å²) in [6.45, 7) is 6.70. The van der Waals surface area contributed by atoms with Gasteiger partial charge < -0.3 is 14.5 Å². The minimum atomic E-state index is 0.00227. The second kappa shape index (κ2) is 9.35. The topological polar surface area (TPSA) is 58.6 Å². The van der Waals surface area contributed by atoms with Crippen LogP contribution >= 0.6 is 11.6 Å². The fraction of sp³-hybridized carbons (Fsp3) is 0.292. The number of nitrogens with zero attached hydrogens (tertiary/aromatic N) is 4. The molecule has 7 heteroatoms. The van der Waals surface area contributed by atoms with Crippen LogP contribution < -0.4 is 9.64 Å². The molecule has 1 aliphatic heterocycles. The third-order valence-electron chi connectivity index (χ3n) is 5.51. The highest BCUT2D eigenvalue weighted by Crippen LogP contribution is 2.26. The van der Waals surface area contributed by atoms with Gasteiger partial charge in [-0.1, -0.05) is 48.0 Å². The second-order valence-corrected chi connectivity index (χ2v) is 8.04. The Hall–Kier alpha value is -3.12. The predicted octanol–water partition coefficient (Wildman–Crippen LogP) is 4.14. The number of piperazine rings is 1. The van der Waals surface area contributed by atoms with Crippen LogP contribution in [0.3, 0.4) is 0 Å². The zero-order valence-corrected chi connectivity index (χ0v) is 18.5. The first kappa shape index (κ1) is 21.1. The molecule has 2 heterocycles. The number of ether oxygens (including phenoxy) is 1. The molecule has 0 radical (unpaired) electrons. The number of carbonyl (C=O) groups is 1. The number of carbonyl (C=O) groups excluding carboxylic acids is 1. The van der Waals surface area contributed by atoms with Gasteiger partial charge in [-0.2, -0.15) is 0 Å². The number of para-hydroxylation sites is 1. The van der Waals surface area contributed by atoms with Crippen LogP contribution in [0.2, 0.25) is 5.02 Å². The molecule has 0 atom stereocenters. The molecule has 31 heavy (non-hydrogen) atoms. The van der Waals surface area contributed by atoms with Gasteiger partial charge in [-0.25, -0.2) is 0 Å². The summed E-state index contributed by atoms with van der Waals surface area (Å²) in [6, 6.07) is 17.4. The SMILES string of the molecule is Cc1cccc(C)c1OCC(=O)N1CCN(c2ccc(-c3ccccc3Cl)nn2)CC1. The van der Waals surface area contributed by atoms with Crippen LogP contribution in [0.4, 0.5) is 5.82 Å². The number of aromatic nitrogens is 2. The van der Waals surface area contributed by atoms with Crippen molar-refractivity contribution in [2.45, 2.75) is 13.8 Å². The normalized spacial score (nSPS) is 13.9. The van der Waals surface area contributed by atoms with Crippen molar-refractivity contribution in [3.63, 3.8) is 0 Å². The standard InChI is InChI=1S/C24H25ClN4O2/c1-17-6-5-7-18(2)24(17)31-16-23(30)29-14-12-28(13-15-29)22-11-10-21(26-27-22)19-8-3-4-9-20(19)25/h3-11H,12-16H2,1-2H3.